The zero-order valence-corrected chi connectivity index (χ0v) is 8.44. The zero-order chi connectivity index (χ0) is 9.41. The van der Waals surface area contributed by atoms with Gasteiger partial charge in [-0.1, -0.05) is 0 Å². The zero-order valence-electron chi connectivity index (χ0n) is 7.62. The molecule has 1 N–H and O–H groups in total. The van der Waals surface area contributed by atoms with E-state index >= 15 is 0 Å². The summed E-state index contributed by atoms with van der Waals surface area (Å²) >= 11 is 0. The van der Waals surface area contributed by atoms with Crippen LogP contribution in [-0.4, -0.2) is 32.4 Å². The Balaban J connectivity index is 2.60. The predicted molar refractivity (Wildman–Crippen MR) is 46.4 cm³/mol. The van der Waals surface area contributed by atoms with Crippen molar-refractivity contribution in [1.82, 2.24) is 4.72 Å². The van der Waals surface area contributed by atoms with Gasteiger partial charge in [0.2, 0.25) is 10.0 Å². The van der Waals surface area contributed by atoms with Gasteiger partial charge in [0.05, 0.1) is 24.0 Å². The molecule has 1 heterocycles. The van der Waals surface area contributed by atoms with Gasteiger partial charge in [-0.15, -0.1) is 0 Å². The van der Waals surface area contributed by atoms with Crippen LogP contribution in [0.5, 0.6) is 0 Å². The molecule has 4 nitrogen and oxygen atoms in total. The number of hydrogen-bond donors (Lipinski definition) is 1. The molecule has 0 bridgehead atoms. The van der Waals surface area contributed by atoms with Gasteiger partial charge in [-0.2, -0.15) is 0 Å². The molecule has 0 unspecified atom stereocenters. The fourth-order valence-electron chi connectivity index (χ4n) is 0.700. The Labute approximate surface area is 73.3 Å². The number of rotatable bonds is 2. The summed E-state index contributed by atoms with van der Waals surface area (Å²) in [6, 6.07) is -0.0192. The van der Waals surface area contributed by atoms with Crippen molar-refractivity contribution in [2.75, 3.05) is 13.2 Å². The Bertz CT molecular complexity index is 248. The summed E-state index contributed by atoms with van der Waals surface area (Å²) in [6.45, 7) is 6.02. The maximum absolute atomic E-state index is 11.5. The lowest BCUT2D eigenvalue weighted by Crippen LogP contribution is -2.52. The van der Waals surface area contributed by atoms with Crippen LogP contribution in [0.1, 0.15) is 20.8 Å². The van der Waals surface area contributed by atoms with Crippen molar-refractivity contribution < 1.29 is 13.2 Å². The average molecular weight is 193 g/mol. The summed E-state index contributed by atoms with van der Waals surface area (Å²) in [6.07, 6.45) is 0. The monoisotopic (exact) mass is 193 g/mol. The van der Waals surface area contributed by atoms with Crippen molar-refractivity contribution in [2.45, 2.75) is 31.6 Å². The molecule has 72 valence electrons. The van der Waals surface area contributed by atoms with Crippen molar-refractivity contribution in [3.8, 4) is 0 Å². The van der Waals surface area contributed by atoms with Crippen molar-refractivity contribution in [3.05, 3.63) is 0 Å². The maximum Gasteiger partial charge on any atom is 0.216 e. The van der Waals surface area contributed by atoms with Crippen LogP contribution in [0.15, 0.2) is 0 Å². The Kier molecular flexibility index (Phi) is 2.47. The second kappa shape index (κ2) is 2.97. The molecular formula is C7H15NO3S. The summed E-state index contributed by atoms with van der Waals surface area (Å²) in [5.74, 6) is 0. The van der Waals surface area contributed by atoms with Gasteiger partial charge in [-0.05, 0) is 20.8 Å². The van der Waals surface area contributed by atoms with E-state index in [1.807, 2.05) is 0 Å². The standard InChI is InChI=1S/C7H15NO3S/c1-7(2,3)12(9,10)8-6-4-11-5-6/h6,8H,4-5H2,1-3H3. The molecule has 0 saturated carbocycles. The highest BCUT2D eigenvalue weighted by molar-refractivity contribution is 7.90. The molecular weight excluding hydrogens is 178 g/mol. The summed E-state index contributed by atoms with van der Waals surface area (Å²) in [4.78, 5) is 0. The van der Waals surface area contributed by atoms with Gasteiger partial charge in [0.15, 0.2) is 0 Å². The SMILES string of the molecule is CC(C)(C)S(=O)(=O)NC1COC1. The molecule has 5 heteroatoms. The first-order chi connectivity index (χ1) is 5.33. The van der Waals surface area contributed by atoms with Gasteiger partial charge >= 0.3 is 0 Å². The van der Waals surface area contributed by atoms with Gasteiger partial charge in [0.1, 0.15) is 0 Å². The number of hydrogen-bond acceptors (Lipinski definition) is 3. The van der Waals surface area contributed by atoms with Gasteiger partial charge in [-0.3, -0.25) is 0 Å². The van der Waals surface area contributed by atoms with E-state index in [2.05, 4.69) is 4.72 Å². The first-order valence-electron chi connectivity index (χ1n) is 3.92. The Morgan fingerprint density at radius 3 is 2.08 bits per heavy atom. The Morgan fingerprint density at radius 1 is 1.33 bits per heavy atom. The smallest absolute Gasteiger partial charge is 0.216 e. The van der Waals surface area contributed by atoms with E-state index in [4.69, 9.17) is 4.74 Å². The molecule has 0 aromatic carbocycles. The largest absolute Gasteiger partial charge is 0.378 e. The third-order valence-electron chi connectivity index (χ3n) is 1.77. The predicted octanol–water partition coefficient (Wildman–Crippen LogP) is 0.103. The van der Waals surface area contributed by atoms with Crippen molar-refractivity contribution >= 4 is 10.0 Å². The molecule has 0 spiro atoms. The molecule has 1 aliphatic rings. The minimum absolute atomic E-state index is 0.0192. The van der Waals surface area contributed by atoms with E-state index in [1.165, 1.54) is 0 Å². The lowest BCUT2D eigenvalue weighted by molar-refractivity contribution is 0.00460. The molecule has 0 amide bonds. The first-order valence-corrected chi connectivity index (χ1v) is 5.41. The summed E-state index contributed by atoms with van der Waals surface area (Å²) < 4.78 is 29.7. The van der Waals surface area contributed by atoms with Gasteiger partial charge in [-0.25, -0.2) is 13.1 Å². The van der Waals surface area contributed by atoms with E-state index in [1.54, 1.807) is 20.8 Å². The van der Waals surface area contributed by atoms with Gasteiger partial charge < -0.3 is 4.74 Å². The van der Waals surface area contributed by atoms with Gasteiger partial charge in [0.25, 0.3) is 0 Å². The Morgan fingerprint density at radius 2 is 1.83 bits per heavy atom. The molecule has 0 aliphatic carbocycles. The van der Waals surface area contributed by atoms with Crippen LogP contribution in [0.25, 0.3) is 0 Å². The normalized spacial score (nSPS) is 20.6. The first kappa shape index (κ1) is 9.95. The van der Waals surface area contributed by atoms with E-state index in [9.17, 15) is 8.42 Å². The van der Waals surface area contributed by atoms with E-state index in [0.717, 1.165) is 0 Å². The fourth-order valence-corrected chi connectivity index (χ4v) is 1.63. The second-order valence-corrected chi connectivity index (χ2v) is 6.44. The van der Waals surface area contributed by atoms with Crippen LogP contribution < -0.4 is 4.72 Å². The highest BCUT2D eigenvalue weighted by Crippen LogP contribution is 2.15. The third kappa shape index (κ3) is 1.97. The van der Waals surface area contributed by atoms with Crippen LogP contribution in [0, 0.1) is 0 Å². The lowest BCUT2D eigenvalue weighted by Gasteiger charge is -2.30. The molecule has 0 aromatic rings. The quantitative estimate of drug-likeness (QED) is 0.677. The van der Waals surface area contributed by atoms with E-state index < -0.39 is 14.8 Å². The van der Waals surface area contributed by atoms with E-state index in [0.29, 0.717) is 13.2 Å². The van der Waals surface area contributed by atoms with Crippen molar-refractivity contribution in [1.29, 1.82) is 0 Å². The number of nitrogens with one attached hydrogen (secondary N) is 1. The minimum Gasteiger partial charge on any atom is -0.378 e. The van der Waals surface area contributed by atoms with Crippen molar-refractivity contribution in [2.24, 2.45) is 0 Å². The topological polar surface area (TPSA) is 55.4 Å². The molecule has 12 heavy (non-hydrogen) atoms. The number of ether oxygens (including phenoxy) is 1. The lowest BCUT2D eigenvalue weighted by atomic mass is 10.3. The molecule has 0 atom stereocenters. The van der Waals surface area contributed by atoms with Crippen LogP contribution in [-0.2, 0) is 14.8 Å². The van der Waals surface area contributed by atoms with Crippen LogP contribution in [0.3, 0.4) is 0 Å². The summed E-state index contributed by atoms with van der Waals surface area (Å²) in [5, 5.41) is 0. The van der Waals surface area contributed by atoms with Gasteiger partial charge in [0, 0.05) is 0 Å². The molecule has 1 aliphatic heterocycles. The number of sulfonamides is 1. The molecule has 1 fully saturated rings. The fraction of sp³-hybridized carbons (Fsp3) is 1.00. The third-order valence-corrected chi connectivity index (χ3v) is 4.02. The maximum atomic E-state index is 11.5. The summed E-state index contributed by atoms with van der Waals surface area (Å²) in [5.41, 5.74) is 0. The highest BCUT2D eigenvalue weighted by atomic mass is 32.2. The summed E-state index contributed by atoms with van der Waals surface area (Å²) in [7, 11) is -3.19. The highest BCUT2D eigenvalue weighted by Gasteiger charge is 2.33. The minimum atomic E-state index is -3.19. The molecule has 0 radical (unpaired) electrons. The Hall–Kier alpha value is -0.130. The second-order valence-electron chi connectivity index (χ2n) is 3.97. The van der Waals surface area contributed by atoms with Crippen LogP contribution >= 0.6 is 0 Å². The van der Waals surface area contributed by atoms with E-state index in [-0.39, 0.29) is 6.04 Å². The molecule has 1 saturated heterocycles. The average Bonchev–Trinajstić information content (AvgIpc) is 1.76. The van der Waals surface area contributed by atoms with Crippen LogP contribution in [0.2, 0.25) is 0 Å². The van der Waals surface area contributed by atoms with Crippen LogP contribution in [0.4, 0.5) is 0 Å². The van der Waals surface area contributed by atoms with Crippen molar-refractivity contribution in [3.63, 3.8) is 0 Å². The molecule has 0 aromatic heterocycles. The molecule has 1 rings (SSSR count).